The highest BCUT2D eigenvalue weighted by atomic mass is 14.8. The summed E-state index contributed by atoms with van der Waals surface area (Å²) in [5.74, 6) is 2.19. The lowest BCUT2D eigenvalue weighted by Crippen LogP contribution is -2.51. The Bertz CT molecular complexity index is 220. The first-order valence-corrected chi connectivity index (χ1v) is 5.69. The molecule has 0 N–H and O–H groups in total. The van der Waals surface area contributed by atoms with Crippen molar-refractivity contribution >= 4 is 0 Å². The summed E-state index contributed by atoms with van der Waals surface area (Å²) in [4.78, 5) is 0. The maximum Gasteiger partial charge on any atom is -0.0209 e. The lowest BCUT2D eigenvalue weighted by Gasteiger charge is -2.59. The molecule has 0 nitrogen and oxygen atoms in total. The second kappa shape index (κ2) is 1.91. The van der Waals surface area contributed by atoms with Gasteiger partial charge in [-0.25, -0.2) is 0 Å². The monoisotopic (exact) mass is 164 g/mol. The quantitative estimate of drug-likeness (QED) is 0.513. The zero-order chi connectivity index (χ0) is 8.40. The molecule has 0 aromatic rings. The van der Waals surface area contributed by atoms with E-state index in [1.807, 2.05) is 0 Å². The van der Waals surface area contributed by atoms with E-state index in [1.165, 1.54) is 12.8 Å². The van der Waals surface area contributed by atoms with Crippen LogP contribution < -0.4 is 0 Å². The van der Waals surface area contributed by atoms with Crippen LogP contribution in [0.4, 0.5) is 0 Å². The third-order valence-corrected chi connectivity index (χ3v) is 5.60. The van der Waals surface area contributed by atoms with Gasteiger partial charge in [0.25, 0.3) is 0 Å². The molecule has 0 amide bonds. The van der Waals surface area contributed by atoms with E-state index in [-0.39, 0.29) is 0 Å². The number of rotatable bonds is 0. The zero-order valence-electron chi connectivity index (χ0n) is 8.40. The van der Waals surface area contributed by atoms with Gasteiger partial charge in [-0.1, -0.05) is 26.7 Å². The molecule has 3 aliphatic carbocycles. The standard InChI is InChI=1S/C12H20/c1-9-7-12(9)8-10-5-3-4-6-11(10,12)2/h9-10H,3-8H2,1-2H3. The van der Waals surface area contributed by atoms with E-state index < -0.39 is 0 Å². The molecule has 0 heterocycles. The van der Waals surface area contributed by atoms with E-state index in [0.717, 1.165) is 22.7 Å². The van der Waals surface area contributed by atoms with Gasteiger partial charge >= 0.3 is 0 Å². The van der Waals surface area contributed by atoms with E-state index >= 15 is 0 Å². The Balaban J connectivity index is 1.87. The second-order valence-corrected chi connectivity index (χ2v) is 5.83. The van der Waals surface area contributed by atoms with Crippen LogP contribution in [-0.2, 0) is 0 Å². The van der Waals surface area contributed by atoms with Crippen molar-refractivity contribution < 1.29 is 0 Å². The van der Waals surface area contributed by atoms with Gasteiger partial charge in [-0.05, 0) is 48.3 Å². The van der Waals surface area contributed by atoms with Gasteiger partial charge in [0.1, 0.15) is 0 Å². The molecule has 0 bridgehead atoms. The number of hydrogen-bond acceptors (Lipinski definition) is 0. The topological polar surface area (TPSA) is 0 Å². The summed E-state index contributed by atoms with van der Waals surface area (Å²) < 4.78 is 0. The summed E-state index contributed by atoms with van der Waals surface area (Å²) in [6, 6.07) is 0. The zero-order valence-corrected chi connectivity index (χ0v) is 8.40. The van der Waals surface area contributed by atoms with Crippen LogP contribution in [0.25, 0.3) is 0 Å². The highest BCUT2D eigenvalue weighted by Gasteiger charge is 2.71. The van der Waals surface area contributed by atoms with Crippen molar-refractivity contribution in [2.24, 2.45) is 22.7 Å². The Morgan fingerprint density at radius 3 is 2.50 bits per heavy atom. The molecule has 0 saturated heterocycles. The van der Waals surface area contributed by atoms with Crippen LogP contribution in [0.3, 0.4) is 0 Å². The van der Waals surface area contributed by atoms with Crippen LogP contribution in [0.5, 0.6) is 0 Å². The molecule has 0 aromatic carbocycles. The third kappa shape index (κ3) is 0.592. The van der Waals surface area contributed by atoms with Crippen molar-refractivity contribution in [2.75, 3.05) is 0 Å². The molecule has 3 aliphatic rings. The highest BCUT2D eigenvalue weighted by molar-refractivity contribution is 5.20. The molecular formula is C12H20. The average molecular weight is 164 g/mol. The van der Waals surface area contributed by atoms with Gasteiger partial charge in [-0.15, -0.1) is 0 Å². The Labute approximate surface area is 75.7 Å². The largest absolute Gasteiger partial charge is 0.0619 e. The first-order valence-electron chi connectivity index (χ1n) is 5.69. The van der Waals surface area contributed by atoms with Crippen molar-refractivity contribution in [3.05, 3.63) is 0 Å². The first kappa shape index (κ1) is 7.41. The summed E-state index contributed by atoms with van der Waals surface area (Å²) in [7, 11) is 0. The van der Waals surface area contributed by atoms with Crippen molar-refractivity contribution in [2.45, 2.75) is 52.4 Å². The van der Waals surface area contributed by atoms with E-state index in [2.05, 4.69) is 13.8 Å². The normalized spacial score (nSPS) is 62.5. The minimum atomic E-state index is 0.796. The molecule has 0 aliphatic heterocycles. The van der Waals surface area contributed by atoms with E-state index in [9.17, 15) is 0 Å². The third-order valence-electron chi connectivity index (χ3n) is 5.60. The molecule has 4 unspecified atom stereocenters. The molecule has 0 aromatic heterocycles. The fourth-order valence-electron chi connectivity index (χ4n) is 4.50. The maximum absolute atomic E-state index is 2.59. The van der Waals surface area contributed by atoms with Gasteiger partial charge < -0.3 is 0 Å². The van der Waals surface area contributed by atoms with Crippen LogP contribution in [0.15, 0.2) is 0 Å². The number of hydrogen-bond donors (Lipinski definition) is 0. The van der Waals surface area contributed by atoms with E-state index in [0.29, 0.717) is 0 Å². The molecule has 3 rings (SSSR count). The van der Waals surface area contributed by atoms with Crippen LogP contribution >= 0.6 is 0 Å². The molecule has 4 atom stereocenters. The van der Waals surface area contributed by atoms with E-state index in [1.54, 1.807) is 25.7 Å². The van der Waals surface area contributed by atoms with Crippen molar-refractivity contribution in [1.29, 1.82) is 0 Å². The SMILES string of the molecule is CC1CC12CC1CCCCC12C. The Kier molecular flexibility index (Phi) is 1.18. The summed E-state index contributed by atoms with van der Waals surface area (Å²) in [5, 5.41) is 0. The lowest BCUT2D eigenvalue weighted by molar-refractivity contribution is -0.100. The van der Waals surface area contributed by atoms with Gasteiger partial charge in [-0.3, -0.25) is 0 Å². The predicted molar refractivity (Wildman–Crippen MR) is 50.9 cm³/mol. The molecular weight excluding hydrogens is 144 g/mol. The fraction of sp³-hybridized carbons (Fsp3) is 1.00. The second-order valence-electron chi connectivity index (χ2n) is 5.83. The summed E-state index contributed by atoms with van der Waals surface area (Å²) in [5.41, 5.74) is 1.66. The predicted octanol–water partition coefficient (Wildman–Crippen LogP) is 3.61. The van der Waals surface area contributed by atoms with Crippen LogP contribution in [0.2, 0.25) is 0 Å². The van der Waals surface area contributed by atoms with Crippen LogP contribution in [0.1, 0.15) is 52.4 Å². The molecule has 68 valence electrons. The molecule has 0 heteroatoms. The van der Waals surface area contributed by atoms with E-state index in [4.69, 9.17) is 0 Å². The Morgan fingerprint density at radius 1 is 1.17 bits per heavy atom. The first-order chi connectivity index (χ1) is 5.69. The molecule has 12 heavy (non-hydrogen) atoms. The van der Waals surface area contributed by atoms with Crippen molar-refractivity contribution in [3.8, 4) is 0 Å². The minimum absolute atomic E-state index is 0.796. The van der Waals surface area contributed by atoms with Gasteiger partial charge in [0.2, 0.25) is 0 Å². The minimum Gasteiger partial charge on any atom is -0.0619 e. The maximum atomic E-state index is 2.59. The average Bonchev–Trinajstić information content (AvgIpc) is 2.70. The smallest absolute Gasteiger partial charge is 0.0209 e. The molecule has 3 fully saturated rings. The molecule has 1 spiro atoms. The summed E-state index contributed by atoms with van der Waals surface area (Å²) in [6.45, 7) is 5.06. The van der Waals surface area contributed by atoms with Gasteiger partial charge in [0, 0.05) is 0 Å². The van der Waals surface area contributed by atoms with Gasteiger partial charge in [-0.2, -0.15) is 0 Å². The lowest BCUT2D eigenvalue weighted by atomic mass is 9.45. The van der Waals surface area contributed by atoms with Crippen molar-refractivity contribution in [3.63, 3.8) is 0 Å². The fourth-order valence-corrected chi connectivity index (χ4v) is 4.50. The van der Waals surface area contributed by atoms with Crippen LogP contribution in [0, 0.1) is 22.7 Å². The Hall–Kier alpha value is 0. The highest BCUT2D eigenvalue weighted by Crippen LogP contribution is 2.79. The van der Waals surface area contributed by atoms with Gasteiger partial charge in [0.05, 0.1) is 0 Å². The molecule has 0 radical (unpaired) electrons. The van der Waals surface area contributed by atoms with Crippen LogP contribution in [-0.4, -0.2) is 0 Å². The summed E-state index contributed by atoms with van der Waals surface area (Å²) in [6.07, 6.45) is 9.27. The number of fused-ring (bicyclic) bond motifs is 2. The summed E-state index contributed by atoms with van der Waals surface area (Å²) >= 11 is 0. The van der Waals surface area contributed by atoms with Gasteiger partial charge in [0.15, 0.2) is 0 Å². The van der Waals surface area contributed by atoms with Crippen molar-refractivity contribution in [1.82, 2.24) is 0 Å². The molecule has 3 saturated carbocycles. The Morgan fingerprint density at radius 2 is 1.92 bits per heavy atom.